The Morgan fingerprint density at radius 1 is 1.00 bits per heavy atom. The molecule has 2 bridgehead atoms. The van der Waals surface area contributed by atoms with Crippen molar-refractivity contribution >= 4 is 42.2 Å². The molecule has 5 aromatic rings. The van der Waals surface area contributed by atoms with Gasteiger partial charge in [0, 0.05) is 68.0 Å². The van der Waals surface area contributed by atoms with Crippen LogP contribution in [0.1, 0.15) is 88.1 Å². The summed E-state index contributed by atoms with van der Waals surface area (Å²) >= 11 is 0. The van der Waals surface area contributed by atoms with Gasteiger partial charge in [-0.3, -0.25) is 4.79 Å². The van der Waals surface area contributed by atoms with Crippen molar-refractivity contribution in [3.8, 4) is 22.9 Å². The van der Waals surface area contributed by atoms with Gasteiger partial charge in [0.25, 0.3) is 0 Å². The lowest BCUT2D eigenvalue weighted by Gasteiger charge is -2.34. The number of rotatable bonds is 13. The summed E-state index contributed by atoms with van der Waals surface area (Å²) < 4.78 is 47.5. The van der Waals surface area contributed by atoms with E-state index in [1.807, 2.05) is 66.9 Å². The Balaban J connectivity index is 0.000000637. The van der Waals surface area contributed by atoms with E-state index in [0.717, 1.165) is 89.9 Å². The van der Waals surface area contributed by atoms with Crippen LogP contribution in [-0.2, 0) is 25.6 Å². The van der Waals surface area contributed by atoms with Crippen molar-refractivity contribution in [2.45, 2.75) is 103 Å². The number of piperazine rings is 1. The summed E-state index contributed by atoms with van der Waals surface area (Å²) in [4.78, 5) is 26.3. The van der Waals surface area contributed by atoms with Crippen LogP contribution in [0, 0.1) is 12.7 Å². The molecule has 4 atom stereocenters. The van der Waals surface area contributed by atoms with Gasteiger partial charge in [-0.05, 0) is 94.6 Å². The Labute approximate surface area is 347 Å². The summed E-state index contributed by atoms with van der Waals surface area (Å²) in [6, 6.07) is 14.5. The number of ether oxygens (including phenoxy) is 4. The average Bonchev–Trinajstić information content (AvgIpc) is 3.71. The van der Waals surface area contributed by atoms with Crippen LogP contribution in [-0.4, -0.2) is 95.7 Å². The number of anilines is 1. The second-order valence-electron chi connectivity index (χ2n) is 16.5. The summed E-state index contributed by atoms with van der Waals surface area (Å²) in [6.45, 7) is 12.1. The summed E-state index contributed by atoms with van der Waals surface area (Å²) in [6.07, 6.45) is 9.29. The van der Waals surface area contributed by atoms with Crippen LogP contribution in [0.2, 0.25) is 0 Å². The van der Waals surface area contributed by atoms with Crippen molar-refractivity contribution in [2.24, 2.45) is 0 Å². The van der Waals surface area contributed by atoms with E-state index in [1.54, 1.807) is 20.3 Å². The number of methoxy groups -OCH3 is 2. The molecule has 4 fully saturated rings. The Bertz CT molecular complexity index is 2290. The van der Waals surface area contributed by atoms with Crippen molar-refractivity contribution in [3.63, 3.8) is 0 Å². The lowest BCUT2D eigenvalue weighted by Crippen LogP contribution is -2.46. The lowest BCUT2D eigenvalue weighted by atomic mass is 9.88. The highest BCUT2D eigenvalue weighted by atomic mass is 31.1. The summed E-state index contributed by atoms with van der Waals surface area (Å²) in [5.41, 5.74) is 5.65. The van der Waals surface area contributed by atoms with E-state index in [-0.39, 0.29) is 30.0 Å². The van der Waals surface area contributed by atoms with E-state index >= 15 is 4.39 Å². The minimum Gasteiger partial charge on any atom is -0.486 e. The smallest absolute Gasteiger partial charge is 0.321 e. The van der Waals surface area contributed by atoms with Crippen molar-refractivity contribution in [3.05, 3.63) is 71.2 Å². The second-order valence-corrected chi connectivity index (χ2v) is 18.6. The zero-order chi connectivity index (χ0) is 41.4. The fraction of sp³-hybridized carbons (Fsp3) is 0.511. The number of amides is 1. The molecule has 5 heterocycles. The van der Waals surface area contributed by atoms with Gasteiger partial charge >= 0.3 is 6.01 Å². The topological polar surface area (TPSA) is 113 Å². The third-order valence-corrected chi connectivity index (χ3v) is 13.7. The van der Waals surface area contributed by atoms with Crippen LogP contribution in [0.4, 0.5) is 10.2 Å². The summed E-state index contributed by atoms with van der Waals surface area (Å²) in [5, 5.41) is 6.57. The molecule has 4 aliphatic rings. The first-order valence-electron chi connectivity index (χ1n) is 20.8. The normalized spacial score (nSPS) is 20.8. The van der Waals surface area contributed by atoms with Gasteiger partial charge in [-0.15, -0.1) is 0 Å². The first-order chi connectivity index (χ1) is 28.5. The monoisotopic (exact) mass is 826 g/mol. The van der Waals surface area contributed by atoms with Crippen LogP contribution in [0.25, 0.3) is 32.9 Å². The van der Waals surface area contributed by atoms with Gasteiger partial charge in [0.1, 0.15) is 23.8 Å². The molecule has 1 aliphatic carbocycles. The van der Waals surface area contributed by atoms with Gasteiger partial charge in [0.15, 0.2) is 17.8 Å². The van der Waals surface area contributed by atoms with Gasteiger partial charge < -0.3 is 33.3 Å². The van der Waals surface area contributed by atoms with E-state index in [4.69, 9.17) is 38.5 Å². The molecule has 2 aromatic heterocycles. The minimum absolute atomic E-state index is 0.139. The van der Waals surface area contributed by atoms with Crippen LogP contribution in [0.3, 0.4) is 0 Å². The summed E-state index contributed by atoms with van der Waals surface area (Å²) in [5.74, 6) is 0.972. The lowest BCUT2D eigenvalue weighted by molar-refractivity contribution is -0.178. The molecule has 3 aromatic carbocycles. The number of benzene rings is 3. The Kier molecular flexibility index (Phi) is 12.1. The molecule has 0 N–H and O–H groups in total. The number of hydrogen-bond donors (Lipinski definition) is 0. The fourth-order valence-electron chi connectivity index (χ4n) is 8.42. The molecule has 3 aliphatic heterocycles. The molecule has 2 unspecified atom stereocenters. The molecule has 12 nitrogen and oxygen atoms in total. The molecule has 314 valence electrons. The number of hydrogen-bond acceptors (Lipinski definition) is 10. The van der Waals surface area contributed by atoms with Gasteiger partial charge in [0.05, 0.1) is 31.9 Å². The average molecular weight is 827 g/mol. The van der Waals surface area contributed by atoms with E-state index in [2.05, 4.69) is 24.6 Å². The molecular formula is C45H56FN6O6P. The maximum atomic E-state index is 16.3. The summed E-state index contributed by atoms with van der Waals surface area (Å²) in [7, 11) is 2.42. The Morgan fingerprint density at radius 2 is 1.78 bits per heavy atom. The zero-order valence-electron chi connectivity index (χ0n) is 35.2. The molecule has 59 heavy (non-hydrogen) atoms. The third kappa shape index (κ3) is 8.36. The van der Waals surface area contributed by atoms with Crippen LogP contribution in [0.15, 0.2) is 48.7 Å². The third-order valence-electron chi connectivity index (χ3n) is 12.3. The van der Waals surface area contributed by atoms with E-state index in [0.29, 0.717) is 54.7 Å². The predicted molar refractivity (Wildman–Crippen MR) is 229 cm³/mol. The number of halogens is 1. The molecule has 0 spiro atoms. The number of aromatic nitrogens is 4. The second kappa shape index (κ2) is 17.3. The number of nitrogens with zero attached hydrogens (tertiary/aromatic N) is 6. The SMILES string of the molecule is CCP(C)Oc1nc(N2C[C@@H]3C[C@H]2CN3C=O)c2cc(C3CC3)c(-c3c(C)c(F)cc4c3cnn4C3CCCCO3)c(OCc3ccccc3)c2n1.COC(C)(C)OC. The predicted octanol–water partition coefficient (Wildman–Crippen LogP) is 9.11. The van der Waals surface area contributed by atoms with Crippen LogP contribution < -0.4 is 14.2 Å². The number of carbonyl (C=O) groups excluding carboxylic acids is 1. The highest BCUT2D eigenvalue weighted by Gasteiger charge is 2.44. The van der Waals surface area contributed by atoms with Crippen molar-refractivity contribution < 1.29 is 32.7 Å². The van der Waals surface area contributed by atoms with Gasteiger partial charge in [-0.1, -0.05) is 37.3 Å². The van der Waals surface area contributed by atoms with Gasteiger partial charge in [-0.2, -0.15) is 15.1 Å². The molecular weight excluding hydrogens is 771 g/mol. The molecule has 9 rings (SSSR count). The van der Waals surface area contributed by atoms with Crippen molar-refractivity contribution in [1.29, 1.82) is 0 Å². The van der Waals surface area contributed by atoms with Gasteiger partial charge in [0.2, 0.25) is 6.41 Å². The molecule has 3 saturated heterocycles. The zero-order valence-corrected chi connectivity index (χ0v) is 36.1. The largest absolute Gasteiger partial charge is 0.486 e. The first-order valence-corrected chi connectivity index (χ1v) is 22.7. The maximum Gasteiger partial charge on any atom is 0.321 e. The van der Waals surface area contributed by atoms with Crippen molar-refractivity contribution in [2.75, 3.05) is 51.6 Å². The Morgan fingerprint density at radius 3 is 2.41 bits per heavy atom. The van der Waals surface area contributed by atoms with E-state index in [9.17, 15) is 4.79 Å². The number of fused-ring (bicyclic) bond motifs is 4. The Hall–Kier alpha value is -4.42. The first kappa shape index (κ1) is 41.3. The molecule has 1 amide bonds. The minimum atomic E-state index is -0.810. The van der Waals surface area contributed by atoms with Crippen LogP contribution >= 0.6 is 8.15 Å². The van der Waals surface area contributed by atoms with Crippen LogP contribution in [0.5, 0.6) is 11.8 Å². The highest BCUT2D eigenvalue weighted by molar-refractivity contribution is 7.52. The molecule has 14 heteroatoms. The fourth-order valence-corrected chi connectivity index (χ4v) is 8.91. The van der Waals surface area contributed by atoms with E-state index in [1.165, 1.54) is 0 Å². The molecule has 1 saturated carbocycles. The number of carbonyl (C=O) groups is 1. The molecule has 0 radical (unpaired) electrons. The number of likely N-dealkylation sites (tertiary alicyclic amines) is 1. The van der Waals surface area contributed by atoms with E-state index < -0.39 is 13.9 Å². The standard InChI is InChI=1S/C40H44FN6O4P.C5H12O2/c1-4-52(3)51-40-43-37-30(39(44-40)46-21-27-16-28(46)20-45(27)23-48)17-29(26-13-14-26)36(38(37)50-22-25-10-6-5-7-11-25)35-24(2)32(41)18-33-31(35)19-42-47(33)34-12-8-9-15-49-34;1-5(2,6-3)7-4/h5-7,10-11,17-19,23,26-28,34H,4,8-9,12-16,20-22H2,1-3H3;1-4H3/t27-,28-,34?,52?;/m0./s1. The maximum absolute atomic E-state index is 16.3. The quantitative estimate of drug-likeness (QED) is 0.0647. The van der Waals surface area contributed by atoms with Gasteiger partial charge in [-0.25, -0.2) is 9.07 Å². The van der Waals surface area contributed by atoms with Crippen molar-refractivity contribution in [1.82, 2.24) is 24.6 Å². The highest BCUT2D eigenvalue weighted by Crippen LogP contribution is 2.54.